The van der Waals surface area contributed by atoms with Gasteiger partial charge in [-0.2, -0.15) is 0 Å². The fourth-order valence-corrected chi connectivity index (χ4v) is 2.35. The fourth-order valence-electron chi connectivity index (χ4n) is 2.35. The van der Waals surface area contributed by atoms with Crippen molar-refractivity contribution in [3.63, 3.8) is 0 Å². The highest BCUT2D eigenvalue weighted by molar-refractivity contribution is 5.89. The van der Waals surface area contributed by atoms with Gasteiger partial charge in [0.25, 0.3) is 0 Å². The van der Waals surface area contributed by atoms with Gasteiger partial charge in [-0.1, -0.05) is 30.3 Å². The van der Waals surface area contributed by atoms with Crippen LogP contribution in [0.1, 0.15) is 18.4 Å². The van der Waals surface area contributed by atoms with Gasteiger partial charge in [0.1, 0.15) is 12.1 Å². The maximum atomic E-state index is 12.1. The van der Waals surface area contributed by atoms with E-state index < -0.39 is 36.0 Å². The molecule has 4 N–H and O–H groups in total. The molecule has 1 fully saturated rings. The molecule has 0 saturated carbocycles. The number of carboxylic acids is 1. The van der Waals surface area contributed by atoms with Gasteiger partial charge >= 0.3 is 5.97 Å². The Morgan fingerprint density at radius 1 is 1.23 bits per heavy atom. The van der Waals surface area contributed by atoms with Gasteiger partial charge in [0.15, 0.2) is 6.10 Å². The van der Waals surface area contributed by atoms with Crippen LogP contribution in [-0.4, -0.2) is 41.1 Å². The summed E-state index contributed by atoms with van der Waals surface area (Å²) in [7, 11) is 0. The Labute approximate surface area is 127 Å². The number of nitrogens with one attached hydrogen (secondary N) is 1. The summed E-state index contributed by atoms with van der Waals surface area (Å²) in [5, 5.41) is 11.4. The van der Waals surface area contributed by atoms with E-state index in [1.54, 1.807) is 0 Å². The zero-order chi connectivity index (χ0) is 16.1. The zero-order valence-corrected chi connectivity index (χ0v) is 11.9. The van der Waals surface area contributed by atoms with Crippen LogP contribution >= 0.6 is 0 Å². The Hall–Kier alpha value is -2.41. The van der Waals surface area contributed by atoms with Gasteiger partial charge in [0, 0.05) is 6.42 Å². The molecule has 3 atom stereocenters. The molecule has 0 aliphatic carbocycles. The van der Waals surface area contributed by atoms with E-state index in [1.165, 1.54) is 0 Å². The quantitative estimate of drug-likeness (QED) is 0.674. The van der Waals surface area contributed by atoms with Gasteiger partial charge in [-0.05, 0) is 18.4 Å². The van der Waals surface area contributed by atoms with Gasteiger partial charge < -0.3 is 20.9 Å². The predicted octanol–water partition coefficient (Wildman–Crippen LogP) is -0.169. The lowest BCUT2D eigenvalue weighted by molar-refractivity contribution is -0.152. The smallest absolute Gasteiger partial charge is 0.332 e. The molecule has 1 aromatic carbocycles. The summed E-state index contributed by atoms with van der Waals surface area (Å²) in [4.78, 5) is 34.4. The number of hydrogen-bond donors (Lipinski definition) is 3. The van der Waals surface area contributed by atoms with Crippen molar-refractivity contribution in [1.82, 2.24) is 5.32 Å². The molecule has 2 amide bonds. The average Bonchev–Trinajstić information content (AvgIpc) is 2.97. The standard InChI is InChI=1S/C15H18N2O5/c16-13(18)10(8-9-4-2-1-3-5-9)17-14(19)11-6-7-12(22-11)15(20)21/h1-5,10-12H,6-8H2,(H2,16,18)(H,17,19)(H,20,21)/t10?,11-,12+/m0/s1. The van der Waals surface area contributed by atoms with E-state index in [-0.39, 0.29) is 12.8 Å². The van der Waals surface area contributed by atoms with Crippen LogP contribution in [0.3, 0.4) is 0 Å². The van der Waals surface area contributed by atoms with Gasteiger partial charge in [0.05, 0.1) is 0 Å². The van der Waals surface area contributed by atoms with Crippen molar-refractivity contribution >= 4 is 17.8 Å². The summed E-state index contributed by atoms with van der Waals surface area (Å²) in [5.41, 5.74) is 6.18. The zero-order valence-electron chi connectivity index (χ0n) is 11.9. The van der Waals surface area contributed by atoms with Crippen molar-refractivity contribution in [2.75, 3.05) is 0 Å². The van der Waals surface area contributed by atoms with Gasteiger partial charge in [-0.15, -0.1) is 0 Å². The minimum atomic E-state index is -1.09. The highest BCUT2D eigenvalue weighted by Crippen LogP contribution is 2.20. The molecular weight excluding hydrogens is 288 g/mol. The van der Waals surface area contributed by atoms with Crippen molar-refractivity contribution in [3.05, 3.63) is 35.9 Å². The number of aliphatic carboxylic acids is 1. The molecule has 1 aliphatic rings. The molecule has 1 saturated heterocycles. The Bertz CT molecular complexity index is 560. The molecule has 1 aromatic rings. The first kappa shape index (κ1) is 16.0. The van der Waals surface area contributed by atoms with Crippen molar-refractivity contribution in [3.8, 4) is 0 Å². The maximum Gasteiger partial charge on any atom is 0.332 e. The Kier molecular flexibility index (Phi) is 5.11. The minimum absolute atomic E-state index is 0.271. The van der Waals surface area contributed by atoms with E-state index in [0.29, 0.717) is 6.42 Å². The molecule has 1 unspecified atom stereocenters. The second-order valence-corrected chi connectivity index (χ2v) is 5.18. The van der Waals surface area contributed by atoms with E-state index in [1.807, 2.05) is 30.3 Å². The van der Waals surface area contributed by atoms with E-state index >= 15 is 0 Å². The first-order chi connectivity index (χ1) is 10.5. The van der Waals surface area contributed by atoms with Crippen LogP contribution in [0, 0.1) is 0 Å². The number of ether oxygens (including phenoxy) is 1. The third-order valence-electron chi connectivity index (χ3n) is 3.53. The largest absolute Gasteiger partial charge is 0.479 e. The minimum Gasteiger partial charge on any atom is -0.479 e. The van der Waals surface area contributed by atoms with E-state index in [2.05, 4.69) is 5.32 Å². The number of amides is 2. The number of benzene rings is 1. The lowest BCUT2D eigenvalue weighted by Gasteiger charge is -2.18. The Morgan fingerprint density at radius 2 is 1.86 bits per heavy atom. The number of hydrogen-bond acceptors (Lipinski definition) is 4. The lowest BCUT2D eigenvalue weighted by atomic mass is 10.0. The second-order valence-electron chi connectivity index (χ2n) is 5.18. The monoisotopic (exact) mass is 306 g/mol. The van der Waals surface area contributed by atoms with Gasteiger partial charge in [0.2, 0.25) is 11.8 Å². The second kappa shape index (κ2) is 7.04. The summed E-state index contributed by atoms with van der Waals surface area (Å²) in [6, 6.07) is 8.30. The predicted molar refractivity (Wildman–Crippen MR) is 76.8 cm³/mol. The van der Waals surface area contributed by atoms with Crippen LogP contribution in [-0.2, 0) is 25.5 Å². The number of rotatable bonds is 6. The third kappa shape index (κ3) is 4.05. The first-order valence-corrected chi connectivity index (χ1v) is 6.99. The van der Waals surface area contributed by atoms with E-state index in [9.17, 15) is 14.4 Å². The average molecular weight is 306 g/mol. The van der Waals surface area contributed by atoms with Crippen molar-refractivity contribution < 1.29 is 24.2 Å². The number of carbonyl (C=O) groups excluding carboxylic acids is 2. The van der Waals surface area contributed by atoms with Crippen molar-refractivity contribution in [2.45, 2.75) is 37.5 Å². The fraction of sp³-hybridized carbons (Fsp3) is 0.400. The molecule has 0 spiro atoms. The highest BCUT2D eigenvalue weighted by Gasteiger charge is 2.35. The summed E-state index contributed by atoms with van der Waals surface area (Å²) in [5.74, 6) is -2.25. The molecule has 0 radical (unpaired) electrons. The molecule has 7 heteroatoms. The SMILES string of the molecule is NC(=O)C(Cc1ccccc1)NC(=O)[C@@H]1CC[C@H](C(=O)O)O1. The normalized spacial score (nSPS) is 22.0. The Balaban J connectivity index is 1.95. The molecular formula is C15H18N2O5. The molecule has 7 nitrogen and oxygen atoms in total. The van der Waals surface area contributed by atoms with Crippen LogP contribution in [0.15, 0.2) is 30.3 Å². The van der Waals surface area contributed by atoms with Crippen molar-refractivity contribution in [1.29, 1.82) is 0 Å². The number of nitrogens with two attached hydrogens (primary N) is 1. The Morgan fingerprint density at radius 3 is 2.41 bits per heavy atom. The number of carbonyl (C=O) groups is 3. The first-order valence-electron chi connectivity index (χ1n) is 6.99. The summed E-state index contributed by atoms with van der Waals surface area (Å²) in [6.07, 6.45) is -0.986. The van der Waals surface area contributed by atoms with Crippen LogP contribution in [0.25, 0.3) is 0 Å². The van der Waals surface area contributed by atoms with E-state index in [4.69, 9.17) is 15.6 Å². The van der Waals surface area contributed by atoms with Crippen LogP contribution < -0.4 is 11.1 Å². The molecule has 2 rings (SSSR count). The molecule has 1 heterocycles. The summed E-state index contributed by atoms with van der Waals surface area (Å²) < 4.78 is 5.15. The number of primary amides is 1. The molecule has 0 bridgehead atoms. The molecule has 0 aromatic heterocycles. The molecule has 22 heavy (non-hydrogen) atoms. The highest BCUT2D eigenvalue weighted by atomic mass is 16.5. The third-order valence-corrected chi connectivity index (χ3v) is 3.53. The summed E-state index contributed by atoms with van der Waals surface area (Å²) in [6.45, 7) is 0. The topological polar surface area (TPSA) is 119 Å². The van der Waals surface area contributed by atoms with E-state index in [0.717, 1.165) is 5.56 Å². The van der Waals surface area contributed by atoms with Crippen LogP contribution in [0.5, 0.6) is 0 Å². The van der Waals surface area contributed by atoms with Gasteiger partial charge in [-0.25, -0.2) is 4.79 Å². The van der Waals surface area contributed by atoms with Gasteiger partial charge in [-0.3, -0.25) is 9.59 Å². The van der Waals surface area contributed by atoms with Crippen molar-refractivity contribution in [2.24, 2.45) is 5.73 Å². The number of carboxylic acid groups (broad SMARTS) is 1. The molecule has 118 valence electrons. The van der Waals surface area contributed by atoms with Crippen LogP contribution in [0.4, 0.5) is 0 Å². The van der Waals surface area contributed by atoms with Crippen LogP contribution in [0.2, 0.25) is 0 Å². The molecule has 1 aliphatic heterocycles. The summed E-state index contributed by atoms with van der Waals surface area (Å²) >= 11 is 0. The maximum absolute atomic E-state index is 12.1. The lowest BCUT2D eigenvalue weighted by Crippen LogP contribution is -2.49.